The van der Waals surface area contributed by atoms with Gasteiger partial charge in [0.25, 0.3) is 0 Å². The Labute approximate surface area is 126 Å². The van der Waals surface area contributed by atoms with Gasteiger partial charge in [-0.05, 0) is 24.6 Å². The van der Waals surface area contributed by atoms with E-state index in [4.69, 9.17) is 0 Å². The second-order valence-corrected chi connectivity index (χ2v) is 5.80. The molecule has 0 fully saturated rings. The molecule has 0 saturated heterocycles. The fourth-order valence-corrected chi connectivity index (χ4v) is 2.30. The summed E-state index contributed by atoms with van der Waals surface area (Å²) >= 11 is 3.43. The topological polar surface area (TPSA) is 15.3 Å². The highest BCUT2D eigenvalue weighted by Gasteiger charge is 2.30. The molecule has 114 valence electrons. The predicted octanol–water partition coefficient (Wildman–Crippen LogP) is 4.34. The average Bonchev–Trinajstić information content (AvgIpc) is 2.33. The Hall–Kier alpha value is -0.750. The van der Waals surface area contributed by atoms with Gasteiger partial charge >= 0.3 is 6.18 Å². The van der Waals surface area contributed by atoms with Crippen molar-refractivity contribution in [3.8, 4) is 0 Å². The molecule has 1 aromatic rings. The molecule has 1 aromatic carbocycles. The first kappa shape index (κ1) is 17.3. The Kier molecular flexibility index (Phi) is 6.33. The van der Waals surface area contributed by atoms with Crippen LogP contribution >= 0.6 is 15.9 Å². The number of rotatable bonds is 6. The van der Waals surface area contributed by atoms with E-state index in [0.29, 0.717) is 24.8 Å². The molecule has 0 spiro atoms. The summed E-state index contributed by atoms with van der Waals surface area (Å²) in [5.74, 6) is 0. The summed E-state index contributed by atoms with van der Waals surface area (Å²) in [4.78, 5) is 1.31. The van der Waals surface area contributed by atoms with Crippen LogP contribution < -0.4 is 10.2 Å². The molecule has 0 amide bonds. The van der Waals surface area contributed by atoms with Gasteiger partial charge in [-0.15, -0.1) is 0 Å². The Morgan fingerprint density at radius 1 is 1.30 bits per heavy atom. The Balaban J connectivity index is 2.84. The number of anilines is 1. The molecule has 20 heavy (non-hydrogen) atoms. The van der Waals surface area contributed by atoms with Gasteiger partial charge in [0.05, 0.1) is 0 Å². The fourth-order valence-electron chi connectivity index (χ4n) is 1.79. The number of benzene rings is 1. The SMILES string of the molecule is CCN(CC(F)(F)F)c1ccc(CNC(C)C)c(Br)c1. The van der Waals surface area contributed by atoms with Gasteiger partial charge in [-0.25, -0.2) is 0 Å². The van der Waals surface area contributed by atoms with Crippen molar-refractivity contribution in [1.29, 1.82) is 0 Å². The smallest absolute Gasteiger partial charge is 0.363 e. The average molecular weight is 353 g/mol. The van der Waals surface area contributed by atoms with E-state index in [1.54, 1.807) is 19.1 Å². The maximum absolute atomic E-state index is 12.5. The highest BCUT2D eigenvalue weighted by molar-refractivity contribution is 9.10. The van der Waals surface area contributed by atoms with Crippen molar-refractivity contribution < 1.29 is 13.2 Å². The Morgan fingerprint density at radius 2 is 1.95 bits per heavy atom. The molecule has 0 aliphatic heterocycles. The van der Waals surface area contributed by atoms with E-state index in [1.807, 2.05) is 19.9 Å². The molecule has 0 unspecified atom stereocenters. The zero-order valence-electron chi connectivity index (χ0n) is 11.9. The van der Waals surface area contributed by atoms with Crippen LogP contribution in [0.1, 0.15) is 26.3 Å². The normalized spacial score (nSPS) is 12.0. The van der Waals surface area contributed by atoms with Crippen molar-refractivity contribution in [2.24, 2.45) is 0 Å². The summed E-state index contributed by atoms with van der Waals surface area (Å²) in [6, 6.07) is 5.69. The zero-order valence-corrected chi connectivity index (χ0v) is 13.5. The van der Waals surface area contributed by atoms with Crippen LogP contribution in [0, 0.1) is 0 Å². The maximum Gasteiger partial charge on any atom is 0.405 e. The molecule has 0 aliphatic rings. The molecule has 0 radical (unpaired) electrons. The predicted molar refractivity (Wildman–Crippen MR) is 80.1 cm³/mol. The number of alkyl halides is 3. The van der Waals surface area contributed by atoms with Gasteiger partial charge in [0.15, 0.2) is 0 Å². The molecule has 2 nitrogen and oxygen atoms in total. The lowest BCUT2D eigenvalue weighted by molar-refractivity contribution is -0.119. The van der Waals surface area contributed by atoms with Crippen LogP contribution in [0.3, 0.4) is 0 Å². The summed E-state index contributed by atoms with van der Waals surface area (Å²) < 4.78 is 38.3. The quantitative estimate of drug-likeness (QED) is 0.819. The second kappa shape index (κ2) is 7.31. The van der Waals surface area contributed by atoms with Gasteiger partial charge in [-0.1, -0.05) is 35.8 Å². The van der Waals surface area contributed by atoms with Gasteiger partial charge in [0.2, 0.25) is 0 Å². The number of hydrogen-bond donors (Lipinski definition) is 1. The molecule has 0 bridgehead atoms. The van der Waals surface area contributed by atoms with Crippen molar-refractivity contribution in [3.05, 3.63) is 28.2 Å². The first-order chi connectivity index (χ1) is 9.23. The standard InChI is InChI=1S/C14H20BrF3N2/c1-4-20(9-14(16,17)18)12-6-5-11(13(15)7-12)8-19-10(2)3/h5-7,10,19H,4,8-9H2,1-3H3. The lowest BCUT2D eigenvalue weighted by Crippen LogP contribution is -2.34. The molecule has 0 heterocycles. The number of hydrogen-bond acceptors (Lipinski definition) is 2. The second-order valence-electron chi connectivity index (χ2n) is 4.94. The Morgan fingerprint density at radius 3 is 2.40 bits per heavy atom. The van der Waals surface area contributed by atoms with E-state index in [0.717, 1.165) is 10.0 Å². The monoisotopic (exact) mass is 352 g/mol. The van der Waals surface area contributed by atoms with Gasteiger partial charge < -0.3 is 10.2 Å². The van der Waals surface area contributed by atoms with E-state index in [1.165, 1.54) is 4.90 Å². The van der Waals surface area contributed by atoms with Crippen LogP contribution in [0.15, 0.2) is 22.7 Å². The number of nitrogens with one attached hydrogen (secondary N) is 1. The van der Waals surface area contributed by atoms with E-state index >= 15 is 0 Å². The maximum atomic E-state index is 12.5. The summed E-state index contributed by atoms with van der Waals surface area (Å²) in [6.07, 6.45) is -4.19. The molecule has 1 rings (SSSR count). The van der Waals surface area contributed by atoms with Crippen molar-refractivity contribution >= 4 is 21.6 Å². The minimum Gasteiger partial charge on any atom is -0.363 e. The highest BCUT2D eigenvalue weighted by atomic mass is 79.9. The number of halogens is 4. The van der Waals surface area contributed by atoms with Crippen molar-refractivity contribution in [2.45, 2.75) is 39.5 Å². The summed E-state index contributed by atoms with van der Waals surface area (Å²) in [5.41, 5.74) is 1.61. The minimum absolute atomic E-state index is 0.315. The van der Waals surface area contributed by atoms with Gasteiger partial charge in [-0.3, -0.25) is 0 Å². The Bertz CT molecular complexity index is 433. The van der Waals surface area contributed by atoms with Gasteiger partial charge in [-0.2, -0.15) is 13.2 Å². The fraction of sp³-hybridized carbons (Fsp3) is 0.571. The highest BCUT2D eigenvalue weighted by Crippen LogP contribution is 2.27. The molecular weight excluding hydrogens is 333 g/mol. The van der Waals surface area contributed by atoms with E-state index in [-0.39, 0.29) is 0 Å². The largest absolute Gasteiger partial charge is 0.405 e. The van der Waals surface area contributed by atoms with Crippen LogP contribution in [0.5, 0.6) is 0 Å². The first-order valence-corrected chi connectivity index (χ1v) is 7.35. The summed E-state index contributed by atoms with van der Waals surface area (Å²) in [7, 11) is 0. The van der Waals surface area contributed by atoms with Gasteiger partial charge in [0, 0.05) is 29.3 Å². The van der Waals surface area contributed by atoms with Crippen LogP contribution in [0.2, 0.25) is 0 Å². The van der Waals surface area contributed by atoms with Crippen LogP contribution in [0.25, 0.3) is 0 Å². The first-order valence-electron chi connectivity index (χ1n) is 6.56. The molecular formula is C14H20BrF3N2. The third-order valence-electron chi connectivity index (χ3n) is 2.85. The molecule has 1 N–H and O–H groups in total. The zero-order chi connectivity index (χ0) is 15.3. The summed E-state index contributed by atoms with van der Waals surface area (Å²) in [5, 5.41) is 3.28. The van der Waals surface area contributed by atoms with Crippen LogP contribution in [0.4, 0.5) is 18.9 Å². The van der Waals surface area contributed by atoms with E-state index in [9.17, 15) is 13.2 Å². The third kappa shape index (κ3) is 5.71. The molecule has 0 saturated carbocycles. The van der Waals surface area contributed by atoms with Crippen molar-refractivity contribution in [2.75, 3.05) is 18.0 Å². The van der Waals surface area contributed by atoms with E-state index < -0.39 is 12.7 Å². The van der Waals surface area contributed by atoms with E-state index in [2.05, 4.69) is 21.2 Å². The molecule has 6 heteroatoms. The number of nitrogens with zero attached hydrogens (tertiary/aromatic N) is 1. The van der Waals surface area contributed by atoms with Crippen molar-refractivity contribution in [1.82, 2.24) is 5.32 Å². The van der Waals surface area contributed by atoms with Gasteiger partial charge in [0.1, 0.15) is 6.54 Å². The molecule has 0 atom stereocenters. The summed E-state index contributed by atoms with van der Waals surface area (Å²) in [6.45, 7) is 5.88. The third-order valence-corrected chi connectivity index (χ3v) is 3.59. The van der Waals surface area contributed by atoms with Crippen LogP contribution in [-0.4, -0.2) is 25.3 Å². The van der Waals surface area contributed by atoms with Crippen LogP contribution in [-0.2, 0) is 6.54 Å². The molecule has 0 aromatic heterocycles. The lowest BCUT2D eigenvalue weighted by Gasteiger charge is -2.25. The lowest BCUT2D eigenvalue weighted by atomic mass is 10.2. The van der Waals surface area contributed by atoms with Crippen molar-refractivity contribution in [3.63, 3.8) is 0 Å². The molecule has 0 aliphatic carbocycles. The minimum atomic E-state index is -4.19.